The summed E-state index contributed by atoms with van der Waals surface area (Å²) in [6.07, 6.45) is 14.6. The van der Waals surface area contributed by atoms with Gasteiger partial charge in [0.15, 0.2) is 0 Å². The third-order valence-corrected chi connectivity index (χ3v) is 6.79. The second-order valence-electron chi connectivity index (χ2n) is 8.98. The van der Waals surface area contributed by atoms with Crippen LogP contribution >= 0.6 is 0 Å². The first-order valence-corrected chi connectivity index (χ1v) is 10.4. The fourth-order valence-electron chi connectivity index (χ4n) is 6.06. The summed E-state index contributed by atoms with van der Waals surface area (Å²) in [5, 5.41) is 3.88. The lowest BCUT2D eigenvalue weighted by atomic mass is 9.53. The van der Waals surface area contributed by atoms with Crippen molar-refractivity contribution in [3.8, 4) is 0 Å². The summed E-state index contributed by atoms with van der Waals surface area (Å²) in [5.41, 5.74) is 3.21. The molecule has 0 atom stereocenters. The van der Waals surface area contributed by atoms with Crippen LogP contribution in [0.1, 0.15) is 54.4 Å². The van der Waals surface area contributed by atoms with Gasteiger partial charge in [0.25, 0.3) is 0 Å². The molecule has 0 radical (unpaired) electrons. The third-order valence-electron chi connectivity index (χ3n) is 6.79. The van der Waals surface area contributed by atoms with Gasteiger partial charge in [0.05, 0.1) is 24.0 Å². The average molecular weight is 390 g/mol. The van der Waals surface area contributed by atoms with Gasteiger partial charge in [-0.05, 0) is 74.5 Å². The van der Waals surface area contributed by atoms with Crippen LogP contribution < -0.4 is 5.32 Å². The predicted molar refractivity (Wildman–Crippen MR) is 112 cm³/mol. The zero-order valence-corrected chi connectivity index (χ0v) is 16.7. The van der Waals surface area contributed by atoms with Crippen molar-refractivity contribution in [2.24, 2.45) is 22.7 Å². The molecule has 0 amide bonds. The standard InChI is InChI=1S/C23H26N4O2/c1-29-22(28)19-2-3-20(21(7-19)26-13-18-11-24-14-25-12-18)27-23-8-15-4-16(9-23)6-17(5-15)10-23/h2-3,7,11-17,27H,4-6,8-10H2,1H3/b26-13-. The average Bonchev–Trinajstić information content (AvgIpc) is 2.72. The fourth-order valence-corrected chi connectivity index (χ4v) is 6.06. The zero-order valence-electron chi connectivity index (χ0n) is 16.7. The normalized spacial score (nSPS) is 29.9. The molecule has 0 unspecified atom stereocenters. The number of methoxy groups -OCH3 is 1. The van der Waals surface area contributed by atoms with Gasteiger partial charge in [-0.25, -0.2) is 14.8 Å². The second kappa shape index (κ2) is 7.25. The van der Waals surface area contributed by atoms with Crippen molar-refractivity contribution in [3.63, 3.8) is 0 Å². The van der Waals surface area contributed by atoms with Crippen molar-refractivity contribution < 1.29 is 9.53 Å². The SMILES string of the molecule is COC(=O)c1ccc(NC23CC4CC(CC(C4)C2)C3)c(/N=C\c2cncnc2)c1. The Morgan fingerprint density at radius 2 is 1.79 bits per heavy atom. The first-order chi connectivity index (χ1) is 14.1. The molecule has 4 bridgehead atoms. The van der Waals surface area contributed by atoms with Crippen LogP contribution in [0.2, 0.25) is 0 Å². The van der Waals surface area contributed by atoms with Gasteiger partial charge >= 0.3 is 5.97 Å². The van der Waals surface area contributed by atoms with E-state index in [1.807, 2.05) is 12.1 Å². The zero-order chi connectivity index (χ0) is 19.8. The lowest BCUT2D eigenvalue weighted by molar-refractivity contribution is 0.0107. The molecule has 6 rings (SSSR count). The highest BCUT2D eigenvalue weighted by atomic mass is 16.5. The summed E-state index contributed by atoms with van der Waals surface area (Å²) in [6.45, 7) is 0. The highest BCUT2D eigenvalue weighted by Gasteiger charge is 2.51. The van der Waals surface area contributed by atoms with E-state index in [2.05, 4.69) is 20.3 Å². The number of hydrogen-bond acceptors (Lipinski definition) is 6. The Labute approximate surface area is 170 Å². The number of carbonyl (C=O) groups is 1. The number of rotatable bonds is 5. The molecule has 6 nitrogen and oxygen atoms in total. The van der Waals surface area contributed by atoms with Gasteiger partial charge in [0.1, 0.15) is 6.33 Å². The van der Waals surface area contributed by atoms with Crippen molar-refractivity contribution >= 4 is 23.6 Å². The van der Waals surface area contributed by atoms with Crippen LogP contribution in [0.5, 0.6) is 0 Å². The Hall–Kier alpha value is -2.76. The number of esters is 1. The number of nitrogens with one attached hydrogen (secondary N) is 1. The molecule has 4 aliphatic carbocycles. The van der Waals surface area contributed by atoms with Crippen molar-refractivity contribution in [2.45, 2.75) is 44.1 Å². The largest absolute Gasteiger partial charge is 0.465 e. The molecule has 1 aromatic heterocycles. The van der Waals surface area contributed by atoms with E-state index in [0.29, 0.717) is 5.56 Å². The quantitative estimate of drug-likeness (QED) is 0.605. The minimum Gasteiger partial charge on any atom is -0.465 e. The summed E-state index contributed by atoms with van der Waals surface area (Å²) < 4.78 is 4.90. The number of benzene rings is 1. The maximum Gasteiger partial charge on any atom is 0.337 e. The summed E-state index contributed by atoms with van der Waals surface area (Å²) in [5.74, 6) is 2.22. The Morgan fingerprint density at radius 3 is 2.41 bits per heavy atom. The van der Waals surface area contributed by atoms with Crippen LogP contribution in [0.15, 0.2) is 41.9 Å². The Kier molecular flexibility index (Phi) is 4.57. The Bertz CT molecular complexity index is 906. The van der Waals surface area contributed by atoms with Gasteiger partial charge in [-0.2, -0.15) is 0 Å². The van der Waals surface area contributed by atoms with Gasteiger partial charge in [-0.1, -0.05) is 0 Å². The van der Waals surface area contributed by atoms with E-state index < -0.39 is 0 Å². The van der Waals surface area contributed by atoms with Crippen LogP contribution in [-0.4, -0.2) is 34.8 Å². The number of aliphatic imine (C=N–C) groups is 1. The molecule has 4 saturated carbocycles. The topological polar surface area (TPSA) is 76.5 Å². The smallest absolute Gasteiger partial charge is 0.337 e. The number of carbonyl (C=O) groups excluding carboxylic acids is 1. The Balaban J connectivity index is 1.47. The van der Waals surface area contributed by atoms with Crippen LogP contribution in [-0.2, 0) is 4.74 Å². The van der Waals surface area contributed by atoms with E-state index in [4.69, 9.17) is 4.74 Å². The molecular weight excluding hydrogens is 364 g/mol. The number of ether oxygens (including phenoxy) is 1. The van der Waals surface area contributed by atoms with Gasteiger partial charge in [0, 0.05) is 29.7 Å². The summed E-state index contributed by atoms with van der Waals surface area (Å²) >= 11 is 0. The molecule has 1 aromatic carbocycles. The molecule has 0 saturated heterocycles. The fraction of sp³-hybridized carbons (Fsp3) is 0.478. The molecule has 0 aliphatic heterocycles. The molecule has 1 heterocycles. The molecule has 4 fully saturated rings. The van der Waals surface area contributed by atoms with Crippen LogP contribution in [0.25, 0.3) is 0 Å². The molecular formula is C23H26N4O2. The van der Waals surface area contributed by atoms with E-state index in [1.54, 1.807) is 24.7 Å². The highest BCUT2D eigenvalue weighted by Crippen LogP contribution is 2.57. The first kappa shape index (κ1) is 18.3. The summed E-state index contributed by atoms with van der Waals surface area (Å²) in [4.78, 5) is 24.8. The van der Waals surface area contributed by atoms with Crippen molar-refractivity contribution in [1.29, 1.82) is 0 Å². The van der Waals surface area contributed by atoms with Crippen LogP contribution in [0.3, 0.4) is 0 Å². The van der Waals surface area contributed by atoms with E-state index in [-0.39, 0.29) is 11.5 Å². The summed E-state index contributed by atoms with van der Waals surface area (Å²) in [7, 11) is 1.40. The number of nitrogens with zero attached hydrogens (tertiary/aromatic N) is 3. The molecule has 29 heavy (non-hydrogen) atoms. The molecule has 150 valence electrons. The third kappa shape index (κ3) is 3.63. The Morgan fingerprint density at radius 1 is 1.14 bits per heavy atom. The first-order valence-electron chi connectivity index (χ1n) is 10.4. The van der Waals surface area contributed by atoms with E-state index in [0.717, 1.165) is 34.7 Å². The minimum atomic E-state index is -0.356. The predicted octanol–water partition coefficient (Wildman–Crippen LogP) is 4.39. The van der Waals surface area contributed by atoms with Crippen molar-refractivity contribution in [1.82, 2.24) is 9.97 Å². The molecule has 4 aliphatic rings. The molecule has 6 heteroatoms. The van der Waals surface area contributed by atoms with Gasteiger partial charge in [0.2, 0.25) is 0 Å². The maximum atomic E-state index is 12.0. The van der Waals surface area contributed by atoms with Crippen LogP contribution in [0.4, 0.5) is 11.4 Å². The van der Waals surface area contributed by atoms with E-state index in [1.165, 1.54) is 52.0 Å². The number of hydrogen-bond donors (Lipinski definition) is 1. The molecule has 1 N–H and O–H groups in total. The number of anilines is 1. The lowest BCUT2D eigenvalue weighted by Gasteiger charge is -2.57. The highest BCUT2D eigenvalue weighted by molar-refractivity contribution is 5.93. The van der Waals surface area contributed by atoms with Gasteiger partial charge < -0.3 is 10.1 Å². The van der Waals surface area contributed by atoms with Crippen molar-refractivity contribution in [2.75, 3.05) is 12.4 Å². The lowest BCUT2D eigenvalue weighted by Crippen LogP contribution is -2.54. The van der Waals surface area contributed by atoms with E-state index >= 15 is 0 Å². The second-order valence-corrected chi connectivity index (χ2v) is 8.98. The van der Waals surface area contributed by atoms with Crippen molar-refractivity contribution in [3.05, 3.63) is 48.0 Å². The monoisotopic (exact) mass is 390 g/mol. The maximum absolute atomic E-state index is 12.0. The minimum absolute atomic E-state index is 0.168. The number of aromatic nitrogens is 2. The van der Waals surface area contributed by atoms with Gasteiger partial charge in [-0.3, -0.25) is 4.99 Å². The summed E-state index contributed by atoms with van der Waals surface area (Å²) in [6, 6.07) is 5.59. The van der Waals surface area contributed by atoms with Gasteiger partial charge in [-0.15, -0.1) is 0 Å². The van der Waals surface area contributed by atoms with E-state index in [9.17, 15) is 4.79 Å². The van der Waals surface area contributed by atoms with Crippen LogP contribution in [0, 0.1) is 17.8 Å². The molecule has 2 aromatic rings. The molecule has 0 spiro atoms.